The smallest absolute Gasteiger partial charge is 0.240 e. The molecule has 1 aromatic rings. The van der Waals surface area contributed by atoms with Crippen molar-refractivity contribution in [3.05, 3.63) is 33.8 Å². The van der Waals surface area contributed by atoms with Crippen molar-refractivity contribution in [1.29, 1.82) is 0 Å². The first-order valence-corrected chi connectivity index (χ1v) is 11.7. The first kappa shape index (κ1) is 25.0. The topological polar surface area (TPSA) is 41.5 Å². The summed E-state index contributed by atoms with van der Waals surface area (Å²) in [5.41, 5.74) is 3.28. The number of nitrogens with one attached hydrogen (secondary N) is 1. The van der Waals surface area contributed by atoms with E-state index in [1.165, 1.54) is 70.6 Å². The summed E-state index contributed by atoms with van der Waals surface area (Å²) in [6.07, 6.45) is 19.0. The molecule has 1 rings (SSSR count). The quantitative estimate of drug-likeness (QED) is 0.162. The van der Waals surface area contributed by atoms with Crippen molar-refractivity contribution in [2.45, 2.75) is 96.8 Å². The molecule has 0 saturated carbocycles. The fourth-order valence-electron chi connectivity index (χ4n) is 3.14. The number of benzene rings is 1. The van der Waals surface area contributed by atoms with Gasteiger partial charge in [0.05, 0.1) is 11.2 Å². The van der Waals surface area contributed by atoms with E-state index < -0.39 is 0 Å². The molecule has 1 N–H and O–H groups in total. The van der Waals surface area contributed by atoms with Crippen molar-refractivity contribution in [2.75, 3.05) is 0 Å². The van der Waals surface area contributed by atoms with Gasteiger partial charge in [-0.3, -0.25) is 4.79 Å². The second kappa shape index (κ2) is 16.9. The zero-order valence-electron chi connectivity index (χ0n) is 17.3. The summed E-state index contributed by atoms with van der Waals surface area (Å²) >= 11 is 11.9. The standard InChI is InChI=1S/C23H36Cl2N2O/c1-2-3-4-5-6-7-8-9-10-11-12-13-14-15-23(28)27-26-19-20-16-17-21(24)18-22(20)25/h16-19H,2-15H2,1H3,(H,27,28)/b26-19+. The lowest BCUT2D eigenvalue weighted by atomic mass is 10.0. The maximum absolute atomic E-state index is 11.8. The second-order valence-electron chi connectivity index (χ2n) is 7.45. The molecule has 0 heterocycles. The number of unbranched alkanes of at least 4 members (excludes halogenated alkanes) is 12. The average Bonchev–Trinajstić information content (AvgIpc) is 2.67. The third-order valence-electron chi connectivity index (χ3n) is 4.86. The molecular weight excluding hydrogens is 391 g/mol. The molecule has 0 aromatic heterocycles. The van der Waals surface area contributed by atoms with Crippen LogP contribution in [-0.4, -0.2) is 12.1 Å². The summed E-state index contributed by atoms with van der Waals surface area (Å²) < 4.78 is 0. The van der Waals surface area contributed by atoms with E-state index in [-0.39, 0.29) is 5.91 Å². The van der Waals surface area contributed by atoms with E-state index in [0.29, 0.717) is 16.5 Å². The summed E-state index contributed by atoms with van der Waals surface area (Å²) in [7, 11) is 0. The number of nitrogens with zero attached hydrogens (tertiary/aromatic N) is 1. The van der Waals surface area contributed by atoms with Crippen molar-refractivity contribution in [1.82, 2.24) is 5.43 Å². The van der Waals surface area contributed by atoms with Crippen LogP contribution in [0, 0.1) is 0 Å². The minimum atomic E-state index is -0.0515. The first-order valence-electron chi connectivity index (χ1n) is 10.9. The Morgan fingerprint density at radius 3 is 1.96 bits per heavy atom. The van der Waals surface area contributed by atoms with Gasteiger partial charge in [-0.2, -0.15) is 5.10 Å². The normalized spacial score (nSPS) is 11.2. The zero-order valence-corrected chi connectivity index (χ0v) is 18.8. The van der Waals surface area contributed by atoms with Gasteiger partial charge in [0.25, 0.3) is 0 Å². The molecule has 158 valence electrons. The van der Waals surface area contributed by atoms with E-state index in [9.17, 15) is 4.79 Å². The highest BCUT2D eigenvalue weighted by Crippen LogP contribution is 2.19. The highest BCUT2D eigenvalue weighted by Gasteiger charge is 2.01. The lowest BCUT2D eigenvalue weighted by Crippen LogP contribution is -2.16. The first-order chi connectivity index (χ1) is 13.6. The molecule has 0 aliphatic carbocycles. The number of hydrazone groups is 1. The Morgan fingerprint density at radius 1 is 0.893 bits per heavy atom. The molecule has 3 nitrogen and oxygen atoms in total. The van der Waals surface area contributed by atoms with Crippen LogP contribution in [-0.2, 0) is 4.79 Å². The van der Waals surface area contributed by atoms with Crippen molar-refractivity contribution in [3.63, 3.8) is 0 Å². The Morgan fingerprint density at radius 2 is 1.43 bits per heavy atom. The van der Waals surface area contributed by atoms with Gasteiger partial charge in [-0.15, -0.1) is 0 Å². The molecule has 0 aliphatic rings. The summed E-state index contributed by atoms with van der Waals surface area (Å²) in [5.74, 6) is -0.0515. The number of hydrogen-bond donors (Lipinski definition) is 1. The van der Waals surface area contributed by atoms with E-state index in [0.717, 1.165) is 18.4 Å². The van der Waals surface area contributed by atoms with Crippen LogP contribution in [0.4, 0.5) is 0 Å². The third kappa shape index (κ3) is 13.2. The van der Waals surface area contributed by atoms with Gasteiger partial charge in [-0.1, -0.05) is 113 Å². The molecule has 5 heteroatoms. The molecule has 0 spiro atoms. The Labute approximate surface area is 181 Å². The van der Waals surface area contributed by atoms with E-state index in [4.69, 9.17) is 23.2 Å². The van der Waals surface area contributed by atoms with Crippen molar-refractivity contribution >= 4 is 35.3 Å². The third-order valence-corrected chi connectivity index (χ3v) is 5.43. The lowest BCUT2D eigenvalue weighted by Gasteiger charge is -2.03. The molecule has 0 atom stereocenters. The molecule has 0 unspecified atom stereocenters. The van der Waals surface area contributed by atoms with Gasteiger partial charge >= 0.3 is 0 Å². The molecule has 28 heavy (non-hydrogen) atoms. The molecule has 0 bridgehead atoms. The van der Waals surface area contributed by atoms with Crippen LogP contribution >= 0.6 is 23.2 Å². The van der Waals surface area contributed by atoms with E-state index in [1.54, 1.807) is 24.4 Å². The summed E-state index contributed by atoms with van der Waals surface area (Å²) in [5, 5.41) is 5.05. The predicted molar refractivity (Wildman–Crippen MR) is 123 cm³/mol. The minimum absolute atomic E-state index is 0.0515. The van der Waals surface area contributed by atoms with Gasteiger partial charge in [-0.05, 0) is 18.6 Å². The number of carbonyl (C=O) groups excluding carboxylic acids is 1. The van der Waals surface area contributed by atoms with Gasteiger partial charge in [0.15, 0.2) is 0 Å². The largest absolute Gasteiger partial charge is 0.273 e. The van der Waals surface area contributed by atoms with Gasteiger partial charge in [0.2, 0.25) is 5.91 Å². The van der Waals surface area contributed by atoms with Crippen LogP contribution < -0.4 is 5.43 Å². The van der Waals surface area contributed by atoms with Crippen LogP contribution in [0.5, 0.6) is 0 Å². The van der Waals surface area contributed by atoms with E-state index >= 15 is 0 Å². The predicted octanol–water partition coefficient (Wildman–Crippen LogP) is 7.92. The molecular formula is C23H36Cl2N2O. The number of carbonyl (C=O) groups is 1. The van der Waals surface area contributed by atoms with Gasteiger partial charge in [0.1, 0.15) is 0 Å². The number of hydrogen-bond acceptors (Lipinski definition) is 2. The molecule has 0 radical (unpaired) electrons. The Kier molecular flexibility index (Phi) is 15.0. The summed E-state index contributed by atoms with van der Waals surface area (Å²) in [6, 6.07) is 5.16. The average molecular weight is 427 g/mol. The molecule has 1 aromatic carbocycles. The fourth-order valence-corrected chi connectivity index (χ4v) is 3.60. The van der Waals surface area contributed by atoms with Crippen LogP contribution in [0.25, 0.3) is 0 Å². The summed E-state index contributed by atoms with van der Waals surface area (Å²) in [6.45, 7) is 2.26. The monoisotopic (exact) mass is 426 g/mol. The highest BCUT2D eigenvalue weighted by atomic mass is 35.5. The second-order valence-corrected chi connectivity index (χ2v) is 8.30. The maximum Gasteiger partial charge on any atom is 0.240 e. The Balaban J connectivity index is 1.93. The van der Waals surface area contributed by atoms with Crippen molar-refractivity contribution in [2.24, 2.45) is 5.10 Å². The van der Waals surface area contributed by atoms with E-state index in [2.05, 4.69) is 17.5 Å². The number of amides is 1. The summed E-state index contributed by atoms with van der Waals surface area (Å²) in [4.78, 5) is 11.8. The lowest BCUT2D eigenvalue weighted by molar-refractivity contribution is -0.121. The minimum Gasteiger partial charge on any atom is -0.273 e. The molecule has 0 saturated heterocycles. The van der Waals surface area contributed by atoms with Crippen LogP contribution in [0.1, 0.15) is 102 Å². The van der Waals surface area contributed by atoms with Crippen molar-refractivity contribution in [3.8, 4) is 0 Å². The van der Waals surface area contributed by atoms with Crippen molar-refractivity contribution < 1.29 is 4.79 Å². The van der Waals surface area contributed by atoms with E-state index in [1.807, 2.05) is 0 Å². The molecule has 1 amide bonds. The number of rotatable bonds is 16. The SMILES string of the molecule is CCCCCCCCCCCCCCCC(=O)N/N=C/c1ccc(Cl)cc1Cl. The van der Waals surface area contributed by atoms with Gasteiger partial charge in [0, 0.05) is 17.0 Å². The Hall–Kier alpha value is -1.06. The van der Waals surface area contributed by atoms with Gasteiger partial charge < -0.3 is 0 Å². The molecule has 0 fully saturated rings. The molecule has 0 aliphatic heterocycles. The van der Waals surface area contributed by atoms with Crippen LogP contribution in [0.3, 0.4) is 0 Å². The Bertz CT molecular complexity index is 576. The van der Waals surface area contributed by atoms with Gasteiger partial charge in [-0.25, -0.2) is 5.43 Å². The highest BCUT2D eigenvalue weighted by molar-refractivity contribution is 6.36. The zero-order chi connectivity index (χ0) is 20.5. The maximum atomic E-state index is 11.8. The number of halogens is 2. The fraction of sp³-hybridized carbons (Fsp3) is 0.652. The van der Waals surface area contributed by atoms with Crippen LogP contribution in [0.2, 0.25) is 10.0 Å². The van der Waals surface area contributed by atoms with Crippen LogP contribution in [0.15, 0.2) is 23.3 Å².